The minimum atomic E-state index is -0.304. The topological polar surface area (TPSA) is 34.9 Å². The summed E-state index contributed by atoms with van der Waals surface area (Å²) in [4.78, 5) is 15.5. The summed E-state index contributed by atoms with van der Waals surface area (Å²) in [6.07, 6.45) is 2.43. The first-order valence-electron chi connectivity index (χ1n) is 5.72. The third-order valence-corrected chi connectivity index (χ3v) is 2.76. The van der Waals surface area contributed by atoms with E-state index in [0.29, 0.717) is 11.4 Å². The predicted octanol–water partition coefficient (Wildman–Crippen LogP) is 3.26. The summed E-state index contributed by atoms with van der Waals surface area (Å²) in [5.74, 6) is -0.304. The SMILES string of the molecule is CC(C)(C)n1cnc(-c2ccc(F)cc2)c1C=O. The first-order chi connectivity index (χ1) is 8.43. The van der Waals surface area contributed by atoms with Crippen LogP contribution in [0.5, 0.6) is 0 Å². The lowest BCUT2D eigenvalue weighted by molar-refractivity contribution is 0.111. The molecule has 2 aromatic rings. The van der Waals surface area contributed by atoms with Gasteiger partial charge in [0.15, 0.2) is 6.29 Å². The number of imidazole rings is 1. The van der Waals surface area contributed by atoms with Crippen LogP contribution < -0.4 is 0 Å². The molecule has 0 bridgehead atoms. The number of aromatic nitrogens is 2. The van der Waals surface area contributed by atoms with Crippen LogP contribution in [-0.2, 0) is 5.54 Å². The third kappa shape index (κ3) is 2.18. The van der Waals surface area contributed by atoms with Crippen LogP contribution in [0.15, 0.2) is 30.6 Å². The standard InChI is InChI=1S/C14H15FN2O/c1-14(2,3)17-9-16-13(12(17)8-18)10-4-6-11(15)7-5-10/h4-9H,1-3H3. The van der Waals surface area contributed by atoms with Gasteiger partial charge in [0.1, 0.15) is 11.5 Å². The second-order valence-corrected chi connectivity index (χ2v) is 5.14. The smallest absolute Gasteiger partial charge is 0.168 e. The van der Waals surface area contributed by atoms with Crippen molar-refractivity contribution in [2.24, 2.45) is 0 Å². The van der Waals surface area contributed by atoms with Gasteiger partial charge in [-0.25, -0.2) is 9.37 Å². The van der Waals surface area contributed by atoms with Gasteiger partial charge in [0.25, 0.3) is 0 Å². The van der Waals surface area contributed by atoms with Crippen LogP contribution in [-0.4, -0.2) is 15.8 Å². The Hall–Kier alpha value is -1.97. The lowest BCUT2D eigenvalue weighted by atomic mass is 10.1. The van der Waals surface area contributed by atoms with E-state index in [1.54, 1.807) is 18.5 Å². The number of nitrogens with zero attached hydrogens (tertiary/aromatic N) is 2. The molecule has 2 rings (SSSR count). The molecule has 0 radical (unpaired) electrons. The summed E-state index contributed by atoms with van der Waals surface area (Å²) >= 11 is 0. The van der Waals surface area contributed by atoms with Crippen molar-refractivity contribution in [1.29, 1.82) is 0 Å². The number of hydrogen-bond acceptors (Lipinski definition) is 2. The molecule has 0 aliphatic heterocycles. The highest BCUT2D eigenvalue weighted by Gasteiger charge is 2.20. The summed E-state index contributed by atoms with van der Waals surface area (Å²) in [6.45, 7) is 5.99. The van der Waals surface area contributed by atoms with Gasteiger partial charge in [-0.15, -0.1) is 0 Å². The van der Waals surface area contributed by atoms with Crippen molar-refractivity contribution in [3.8, 4) is 11.3 Å². The minimum Gasteiger partial charge on any atom is -0.323 e. The Bertz CT molecular complexity index is 564. The first-order valence-corrected chi connectivity index (χ1v) is 5.72. The zero-order chi connectivity index (χ0) is 13.3. The Kier molecular flexibility index (Phi) is 3.03. The van der Waals surface area contributed by atoms with Crippen LogP contribution in [0.2, 0.25) is 0 Å². The zero-order valence-electron chi connectivity index (χ0n) is 10.6. The predicted molar refractivity (Wildman–Crippen MR) is 68.0 cm³/mol. The van der Waals surface area contributed by atoms with Crippen molar-refractivity contribution in [1.82, 2.24) is 9.55 Å². The van der Waals surface area contributed by atoms with Gasteiger partial charge in [-0.2, -0.15) is 0 Å². The molecular formula is C14H15FN2O. The van der Waals surface area contributed by atoms with Crippen LogP contribution >= 0.6 is 0 Å². The molecule has 0 amide bonds. The molecule has 1 heterocycles. The van der Waals surface area contributed by atoms with Gasteiger partial charge >= 0.3 is 0 Å². The van der Waals surface area contributed by atoms with Gasteiger partial charge in [0, 0.05) is 11.1 Å². The zero-order valence-corrected chi connectivity index (χ0v) is 10.6. The number of carbonyl (C=O) groups excluding carboxylic acids is 1. The first kappa shape index (κ1) is 12.5. The van der Waals surface area contributed by atoms with E-state index in [-0.39, 0.29) is 11.4 Å². The monoisotopic (exact) mass is 246 g/mol. The molecule has 0 N–H and O–H groups in total. The molecule has 0 spiro atoms. The van der Waals surface area contributed by atoms with E-state index in [9.17, 15) is 9.18 Å². The number of rotatable bonds is 2. The average molecular weight is 246 g/mol. The molecule has 0 fully saturated rings. The van der Waals surface area contributed by atoms with Crippen molar-refractivity contribution in [3.05, 3.63) is 42.1 Å². The van der Waals surface area contributed by atoms with Gasteiger partial charge in [0.05, 0.1) is 12.0 Å². The molecular weight excluding hydrogens is 231 g/mol. The quantitative estimate of drug-likeness (QED) is 0.762. The Morgan fingerprint density at radius 1 is 1.22 bits per heavy atom. The maximum Gasteiger partial charge on any atom is 0.168 e. The molecule has 94 valence electrons. The molecule has 0 aliphatic carbocycles. The van der Waals surface area contributed by atoms with E-state index in [0.717, 1.165) is 11.8 Å². The summed E-state index contributed by atoms with van der Waals surface area (Å²) in [6, 6.07) is 5.97. The summed E-state index contributed by atoms with van der Waals surface area (Å²) in [5.41, 5.74) is 1.61. The van der Waals surface area contributed by atoms with Crippen molar-refractivity contribution < 1.29 is 9.18 Å². The summed E-state index contributed by atoms with van der Waals surface area (Å²) in [7, 11) is 0. The maximum atomic E-state index is 12.9. The van der Waals surface area contributed by atoms with Gasteiger partial charge in [0.2, 0.25) is 0 Å². The molecule has 0 atom stereocenters. The average Bonchev–Trinajstić information content (AvgIpc) is 2.73. The van der Waals surface area contributed by atoms with Gasteiger partial charge in [-0.1, -0.05) is 0 Å². The summed E-state index contributed by atoms with van der Waals surface area (Å²) in [5, 5.41) is 0. The molecule has 0 unspecified atom stereocenters. The highest BCUT2D eigenvalue weighted by Crippen LogP contribution is 2.25. The Labute approximate surface area is 105 Å². The minimum absolute atomic E-state index is 0.221. The normalized spacial score (nSPS) is 11.6. The highest BCUT2D eigenvalue weighted by atomic mass is 19.1. The van der Waals surface area contributed by atoms with Crippen molar-refractivity contribution in [2.45, 2.75) is 26.3 Å². The lowest BCUT2D eigenvalue weighted by Gasteiger charge is -2.22. The molecule has 1 aromatic carbocycles. The Morgan fingerprint density at radius 3 is 2.33 bits per heavy atom. The summed E-state index contributed by atoms with van der Waals surface area (Å²) < 4.78 is 14.7. The van der Waals surface area contributed by atoms with Gasteiger partial charge in [-0.3, -0.25) is 4.79 Å². The molecule has 0 saturated carbocycles. The Balaban J connectivity index is 2.56. The molecule has 4 heteroatoms. The fraction of sp³-hybridized carbons (Fsp3) is 0.286. The second kappa shape index (κ2) is 4.37. The van der Waals surface area contributed by atoms with Crippen molar-refractivity contribution in [2.75, 3.05) is 0 Å². The number of aldehydes is 1. The van der Waals surface area contributed by atoms with Crippen LogP contribution in [0.1, 0.15) is 31.3 Å². The van der Waals surface area contributed by atoms with Crippen LogP contribution in [0.3, 0.4) is 0 Å². The van der Waals surface area contributed by atoms with E-state index >= 15 is 0 Å². The highest BCUT2D eigenvalue weighted by molar-refractivity contribution is 5.83. The van der Waals surface area contributed by atoms with Crippen LogP contribution in [0.25, 0.3) is 11.3 Å². The van der Waals surface area contributed by atoms with Crippen LogP contribution in [0.4, 0.5) is 4.39 Å². The molecule has 1 aromatic heterocycles. The second-order valence-electron chi connectivity index (χ2n) is 5.14. The fourth-order valence-corrected chi connectivity index (χ4v) is 1.84. The fourth-order valence-electron chi connectivity index (χ4n) is 1.84. The molecule has 3 nitrogen and oxygen atoms in total. The molecule has 18 heavy (non-hydrogen) atoms. The third-order valence-electron chi connectivity index (χ3n) is 2.76. The Morgan fingerprint density at radius 2 is 1.83 bits per heavy atom. The van der Waals surface area contributed by atoms with Gasteiger partial charge in [-0.05, 0) is 45.0 Å². The van der Waals surface area contributed by atoms with E-state index < -0.39 is 0 Å². The number of benzene rings is 1. The maximum absolute atomic E-state index is 12.9. The van der Waals surface area contributed by atoms with E-state index in [1.165, 1.54) is 12.1 Å². The van der Waals surface area contributed by atoms with E-state index in [1.807, 2.05) is 25.3 Å². The molecule has 0 aliphatic rings. The molecule has 0 saturated heterocycles. The number of carbonyl (C=O) groups is 1. The number of hydrogen-bond donors (Lipinski definition) is 0. The van der Waals surface area contributed by atoms with Crippen molar-refractivity contribution >= 4 is 6.29 Å². The van der Waals surface area contributed by atoms with Crippen molar-refractivity contribution in [3.63, 3.8) is 0 Å². The van der Waals surface area contributed by atoms with Gasteiger partial charge < -0.3 is 4.57 Å². The van der Waals surface area contributed by atoms with E-state index in [4.69, 9.17) is 0 Å². The number of halogens is 1. The van der Waals surface area contributed by atoms with Crippen LogP contribution in [0, 0.1) is 5.82 Å². The largest absolute Gasteiger partial charge is 0.323 e. The van der Waals surface area contributed by atoms with E-state index in [2.05, 4.69) is 4.98 Å². The lowest BCUT2D eigenvalue weighted by Crippen LogP contribution is -2.23.